The van der Waals surface area contributed by atoms with Gasteiger partial charge in [-0.1, -0.05) is 12.1 Å². The SMILES string of the molecule is CC1=Nc2ccccc2S[C@@]2(C1)[C@@H]([C@H]1COC(C)(C)O1)O[C@@H]1OC(C)(C)O[C@@H]12. The van der Waals surface area contributed by atoms with Crippen molar-refractivity contribution in [2.24, 2.45) is 4.99 Å². The van der Waals surface area contributed by atoms with E-state index in [2.05, 4.69) is 19.1 Å². The van der Waals surface area contributed by atoms with Gasteiger partial charge in [0.15, 0.2) is 17.9 Å². The number of fused-ring (bicyclic) bond motifs is 3. The highest BCUT2D eigenvalue weighted by Crippen LogP contribution is 2.57. The molecule has 28 heavy (non-hydrogen) atoms. The summed E-state index contributed by atoms with van der Waals surface area (Å²) in [5, 5.41) is 0. The van der Waals surface area contributed by atoms with Crippen molar-refractivity contribution in [2.75, 3.05) is 6.61 Å². The third-order valence-electron chi connectivity index (χ3n) is 5.68. The molecule has 5 atom stereocenters. The van der Waals surface area contributed by atoms with Gasteiger partial charge in [-0.3, -0.25) is 4.99 Å². The number of ether oxygens (including phenoxy) is 5. The average Bonchev–Trinajstić information content (AvgIpc) is 3.15. The lowest BCUT2D eigenvalue weighted by Crippen LogP contribution is -2.52. The molecule has 0 amide bonds. The monoisotopic (exact) mass is 405 g/mol. The molecule has 4 aliphatic heterocycles. The third-order valence-corrected chi connectivity index (χ3v) is 7.23. The van der Waals surface area contributed by atoms with E-state index in [-0.39, 0.29) is 18.3 Å². The van der Waals surface area contributed by atoms with Gasteiger partial charge in [0.1, 0.15) is 18.3 Å². The number of aliphatic imine (C=N–C) groups is 1. The van der Waals surface area contributed by atoms with E-state index < -0.39 is 22.6 Å². The van der Waals surface area contributed by atoms with Crippen molar-refractivity contribution < 1.29 is 23.7 Å². The van der Waals surface area contributed by atoms with Crippen LogP contribution in [0.5, 0.6) is 0 Å². The molecule has 0 unspecified atom stereocenters. The Morgan fingerprint density at radius 2 is 1.79 bits per heavy atom. The van der Waals surface area contributed by atoms with Gasteiger partial charge >= 0.3 is 0 Å². The zero-order valence-electron chi connectivity index (χ0n) is 16.9. The second-order valence-electron chi connectivity index (χ2n) is 8.90. The van der Waals surface area contributed by atoms with Gasteiger partial charge < -0.3 is 23.7 Å². The Labute approximate surface area is 169 Å². The van der Waals surface area contributed by atoms with Crippen molar-refractivity contribution in [3.63, 3.8) is 0 Å². The second-order valence-corrected chi connectivity index (χ2v) is 10.3. The number of thioether (sulfide) groups is 1. The minimum absolute atomic E-state index is 0.193. The highest BCUT2D eigenvalue weighted by molar-refractivity contribution is 8.01. The summed E-state index contributed by atoms with van der Waals surface area (Å²) in [6.07, 6.45) is -0.347. The van der Waals surface area contributed by atoms with Gasteiger partial charge in [0, 0.05) is 17.0 Å². The first-order chi connectivity index (χ1) is 13.2. The molecule has 4 aliphatic rings. The first-order valence-corrected chi connectivity index (χ1v) is 10.6. The fourth-order valence-corrected chi connectivity index (χ4v) is 6.34. The molecule has 0 bridgehead atoms. The van der Waals surface area contributed by atoms with E-state index in [0.717, 1.165) is 22.7 Å². The van der Waals surface area contributed by atoms with E-state index in [4.69, 9.17) is 28.7 Å². The molecule has 3 fully saturated rings. The van der Waals surface area contributed by atoms with Gasteiger partial charge in [0.05, 0.1) is 17.0 Å². The summed E-state index contributed by atoms with van der Waals surface area (Å²) in [5.74, 6) is -1.30. The van der Waals surface area contributed by atoms with Crippen LogP contribution in [0.4, 0.5) is 5.69 Å². The molecule has 1 aromatic carbocycles. The summed E-state index contributed by atoms with van der Waals surface area (Å²) in [7, 11) is 0. The first-order valence-electron chi connectivity index (χ1n) is 9.83. The van der Waals surface area contributed by atoms with Crippen LogP contribution in [0.15, 0.2) is 34.2 Å². The molecule has 6 nitrogen and oxygen atoms in total. The summed E-state index contributed by atoms with van der Waals surface area (Å²) in [6.45, 7) is 10.3. The zero-order valence-corrected chi connectivity index (χ0v) is 17.7. The second kappa shape index (κ2) is 6.27. The molecular formula is C21H27NO5S. The third kappa shape index (κ3) is 3.04. The van der Waals surface area contributed by atoms with Crippen molar-refractivity contribution in [2.45, 2.75) is 86.9 Å². The van der Waals surface area contributed by atoms with Crippen LogP contribution in [0, 0.1) is 0 Å². The van der Waals surface area contributed by atoms with E-state index in [1.807, 2.05) is 39.8 Å². The molecule has 4 heterocycles. The topological polar surface area (TPSA) is 58.5 Å². The lowest BCUT2D eigenvalue weighted by molar-refractivity contribution is -0.224. The van der Waals surface area contributed by atoms with Gasteiger partial charge in [-0.25, -0.2) is 0 Å². The molecule has 0 N–H and O–H groups in total. The quantitative estimate of drug-likeness (QED) is 0.703. The van der Waals surface area contributed by atoms with Crippen LogP contribution in [0.3, 0.4) is 0 Å². The Bertz CT molecular complexity index is 825. The Kier molecular flexibility index (Phi) is 4.26. The standard InChI is InChI=1S/C21H27NO5S/c1-12-10-21(28-15-9-7-6-8-13(15)22-12)16(14-11-23-19(2,3)25-14)24-18-17(21)26-20(4,5)27-18/h6-9,14,16-18H,10-11H2,1-5H3/t14-,16-,17+,18-,21+/m1/s1. The van der Waals surface area contributed by atoms with Crippen LogP contribution < -0.4 is 0 Å². The fraction of sp³-hybridized carbons (Fsp3) is 0.667. The largest absolute Gasteiger partial charge is 0.348 e. The lowest BCUT2D eigenvalue weighted by Gasteiger charge is -2.39. The van der Waals surface area contributed by atoms with Crippen LogP contribution in [0.1, 0.15) is 41.0 Å². The normalized spacial score (nSPS) is 40.8. The summed E-state index contributed by atoms with van der Waals surface area (Å²) < 4.78 is 30.7. The van der Waals surface area contributed by atoms with Crippen LogP contribution in [-0.2, 0) is 23.7 Å². The molecule has 0 radical (unpaired) electrons. The van der Waals surface area contributed by atoms with Gasteiger partial charge in [0.25, 0.3) is 0 Å². The Balaban J connectivity index is 1.59. The van der Waals surface area contributed by atoms with Crippen LogP contribution in [-0.4, -0.2) is 53.2 Å². The summed E-state index contributed by atoms with van der Waals surface area (Å²) in [4.78, 5) is 6.00. The molecule has 1 spiro atoms. The molecule has 3 saturated heterocycles. The number of hydrogen-bond donors (Lipinski definition) is 0. The molecule has 0 aliphatic carbocycles. The highest BCUT2D eigenvalue weighted by Gasteiger charge is 2.67. The smallest absolute Gasteiger partial charge is 0.189 e. The maximum absolute atomic E-state index is 6.48. The van der Waals surface area contributed by atoms with Crippen molar-refractivity contribution >= 4 is 23.2 Å². The number of nitrogens with zero attached hydrogens (tertiary/aromatic N) is 1. The van der Waals surface area contributed by atoms with Crippen molar-refractivity contribution in [1.29, 1.82) is 0 Å². The minimum Gasteiger partial charge on any atom is -0.348 e. The predicted molar refractivity (Wildman–Crippen MR) is 106 cm³/mol. The first kappa shape index (κ1) is 19.0. The van der Waals surface area contributed by atoms with Crippen molar-refractivity contribution in [3.05, 3.63) is 24.3 Å². The maximum Gasteiger partial charge on any atom is 0.189 e. The Morgan fingerprint density at radius 1 is 1.00 bits per heavy atom. The Morgan fingerprint density at radius 3 is 2.54 bits per heavy atom. The van der Waals surface area contributed by atoms with Crippen molar-refractivity contribution in [1.82, 2.24) is 0 Å². The van der Waals surface area contributed by atoms with Crippen LogP contribution in [0.25, 0.3) is 0 Å². The molecule has 0 saturated carbocycles. The zero-order chi connectivity index (χ0) is 19.7. The van der Waals surface area contributed by atoms with E-state index in [9.17, 15) is 0 Å². The van der Waals surface area contributed by atoms with E-state index in [1.54, 1.807) is 11.8 Å². The number of para-hydroxylation sites is 1. The summed E-state index contributed by atoms with van der Waals surface area (Å²) in [6, 6.07) is 8.24. The predicted octanol–water partition coefficient (Wildman–Crippen LogP) is 4.04. The summed E-state index contributed by atoms with van der Waals surface area (Å²) >= 11 is 1.78. The molecule has 152 valence electrons. The van der Waals surface area contributed by atoms with Crippen molar-refractivity contribution in [3.8, 4) is 0 Å². The molecule has 7 heteroatoms. The van der Waals surface area contributed by atoms with E-state index in [1.165, 1.54) is 0 Å². The highest BCUT2D eigenvalue weighted by atomic mass is 32.2. The summed E-state index contributed by atoms with van der Waals surface area (Å²) in [5.41, 5.74) is 2.05. The number of hydrogen-bond acceptors (Lipinski definition) is 7. The van der Waals surface area contributed by atoms with E-state index in [0.29, 0.717) is 6.61 Å². The molecular weight excluding hydrogens is 378 g/mol. The van der Waals surface area contributed by atoms with E-state index >= 15 is 0 Å². The number of rotatable bonds is 1. The van der Waals surface area contributed by atoms with Crippen LogP contribution in [0.2, 0.25) is 0 Å². The minimum atomic E-state index is -0.683. The van der Waals surface area contributed by atoms with Crippen LogP contribution >= 0.6 is 11.8 Å². The fourth-order valence-electron chi connectivity index (χ4n) is 4.69. The maximum atomic E-state index is 6.48. The average molecular weight is 406 g/mol. The number of benzene rings is 1. The molecule has 5 rings (SSSR count). The lowest BCUT2D eigenvalue weighted by atomic mass is 9.88. The molecule has 0 aromatic heterocycles. The van der Waals surface area contributed by atoms with Gasteiger partial charge in [-0.2, -0.15) is 0 Å². The van der Waals surface area contributed by atoms with Gasteiger partial charge in [-0.15, -0.1) is 11.8 Å². The van der Waals surface area contributed by atoms with Gasteiger partial charge in [-0.05, 0) is 46.8 Å². The Hall–Kier alpha value is -0.960. The van der Waals surface area contributed by atoms with Gasteiger partial charge in [0.2, 0.25) is 0 Å². The molecule has 1 aromatic rings.